The smallest absolute Gasteiger partial charge is 0.164 e. The predicted octanol–water partition coefficient (Wildman–Crippen LogP) is 11.4. The lowest BCUT2D eigenvalue weighted by molar-refractivity contribution is 0.669. The lowest BCUT2D eigenvalue weighted by Gasteiger charge is -2.25. The molecule has 48 heavy (non-hydrogen) atoms. The van der Waals surface area contributed by atoms with Crippen LogP contribution in [0, 0.1) is 0 Å². The van der Waals surface area contributed by atoms with E-state index in [1.807, 2.05) is 72.8 Å². The normalized spacial score (nSPS) is 11.3. The molecular weight excluding hydrogens is 589 g/mol. The second-order valence-corrected chi connectivity index (χ2v) is 11.7. The van der Waals surface area contributed by atoms with Gasteiger partial charge in [0.05, 0.1) is 0 Å². The van der Waals surface area contributed by atoms with Crippen LogP contribution in [0.3, 0.4) is 0 Å². The van der Waals surface area contributed by atoms with Gasteiger partial charge in [0.2, 0.25) is 0 Å². The van der Waals surface area contributed by atoms with Gasteiger partial charge in [-0.15, -0.1) is 0 Å². The van der Waals surface area contributed by atoms with E-state index in [9.17, 15) is 0 Å². The van der Waals surface area contributed by atoms with Gasteiger partial charge in [-0.3, -0.25) is 0 Å². The molecule has 5 nitrogen and oxygen atoms in total. The Kier molecular flexibility index (Phi) is 6.72. The molecule has 2 aromatic heterocycles. The van der Waals surface area contributed by atoms with E-state index in [0.29, 0.717) is 17.5 Å². The maximum atomic E-state index is 6.46. The Bertz CT molecular complexity index is 2510. The summed E-state index contributed by atoms with van der Waals surface area (Å²) < 4.78 is 6.46. The molecule has 0 atom stereocenters. The predicted molar refractivity (Wildman–Crippen MR) is 196 cm³/mol. The third-order valence-electron chi connectivity index (χ3n) is 8.68. The number of furan rings is 1. The molecule has 0 saturated heterocycles. The summed E-state index contributed by atoms with van der Waals surface area (Å²) in [6.45, 7) is 0. The van der Waals surface area contributed by atoms with Gasteiger partial charge in [0, 0.05) is 44.5 Å². The molecule has 226 valence electrons. The highest BCUT2D eigenvalue weighted by molar-refractivity contribution is 6.07. The molecule has 0 aliphatic rings. The van der Waals surface area contributed by atoms with Crippen molar-refractivity contribution in [1.29, 1.82) is 0 Å². The van der Waals surface area contributed by atoms with Crippen LogP contribution in [0.1, 0.15) is 0 Å². The van der Waals surface area contributed by atoms with Crippen molar-refractivity contribution in [3.63, 3.8) is 0 Å². The van der Waals surface area contributed by atoms with Gasteiger partial charge in [-0.2, -0.15) is 0 Å². The monoisotopic (exact) mass is 616 g/mol. The van der Waals surface area contributed by atoms with Gasteiger partial charge in [0.15, 0.2) is 17.5 Å². The number of nitrogens with zero attached hydrogens (tertiary/aromatic N) is 4. The Labute approximate surface area is 277 Å². The lowest BCUT2D eigenvalue weighted by atomic mass is 10.1. The fourth-order valence-corrected chi connectivity index (χ4v) is 6.32. The van der Waals surface area contributed by atoms with Crippen molar-refractivity contribution in [1.82, 2.24) is 15.0 Å². The standard InChI is InChI=1S/C43H28N4O/c1-4-13-30(14-5-1)41-44-42(31-15-6-2-7-16-31)46-43(45-41)33-21-24-37-38-28-36(23-25-39(38)48-40(37)27-33)47(34-18-8-3-9-19-34)35-22-20-29-12-10-11-17-32(29)26-35/h1-28H. The highest BCUT2D eigenvalue weighted by Crippen LogP contribution is 2.40. The van der Waals surface area contributed by atoms with E-state index in [1.54, 1.807) is 0 Å². The molecule has 0 aliphatic carbocycles. The molecule has 5 heteroatoms. The Morgan fingerprint density at radius 1 is 0.354 bits per heavy atom. The van der Waals surface area contributed by atoms with Crippen molar-refractivity contribution >= 4 is 49.8 Å². The summed E-state index contributed by atoms with van der Waals surface area (Å²) in [5, 5.41) is 4.48. The molecule has 9 aromatic rings. The lowest BCUT2D eigenvalue weighted by Crippen LogP contribution is -2.09. The SMILES string of the molecule is c1ccc(-c2nc(-c3ccccc3)nc(-c3ccc4c(c3)oc3ccc(N(c5ccccc5)c5ccc6ccccc6c5)cc34)n2)cc1. The van der Waals surface area contributed by atoms with Gasteiger partial charge < -0.3 is 9.32 Å². The first kappa shape index (κ1) is 27.7. The van der Waals surface area contributed by atoms with Crippen LogP contribution in [0.25, 0.3) is 66.9 Å². The van der Waals surface area contributed by atoms with E-state index >= 15 is 0 Å². The van der Waals surface area contributed by atoms with Gasteiger partial charge in [0.25, 0.3) is 0 Å². The number of rotatable bonds is 6. The van der Waals surface area contributed by atoms with Crippen molar-refractivity contribution in [2.45, 2.75) is 0 Å². The van der Waals surface area contributed by atoms with E-state index in [4.69, 9.17) is 19.4 Å². The quantitative estimate of drug-likeness (QED) is 0.186. The van der Waals surface area contributed by atoms with Crippen LogP contribution in [0.2, 0.25) is 0 Å². The summed E-state index contributed by atoms with van der Waals surface area (Å²) in [6.07, 6.45) is 0. The molecule has 0 spiro atoms. The average Bonchev–Trinajstić information content (AvgIpc) is 3.53. The zero-order chi connectivity index (χ0) is 31.9. The highest BCUT2D eigenvalue weighted by atomic mass is 16.3. The third-order valence-corrected chi connectivity index (χ3v) is 8.68. The summed E-state index contributed by atoms with van der Waals surface area (Å²) in [6, 6.07) is 58.2. The number of benzene rings is 7. The van der Waals surface area contributed by atoms with Crippen molar-refractivity contribution in [3.05, 3.63) is 170 Å². The van der Waals surface area contributed by atoms with Gasteiger partial charge in [-0.05, 0) is 65.4 Å². The first-order valence-corrected chi connectivity index (χ1v) is 15.9. The average molecular weight is 617 g/mol. The first-order valence-electron chi connectivity index (χ1n) is 15.9. The molecule has 0 fully saturated rings. The van der Waals surface area contributed by atoms with Crippen LogP contribution >= 0.6 is 0 Å². The second kappa shape index (κ2) is 11.6. The van der Waals surface area contributed by atoms with Gasteiger partial charge in [0.1, 0.15) is 11.2 Å². The second-order valence-electron chi connectivity index (χ2n) is 11.7. The number of hydrogen-bond donors (Lipinski definition) is 0. The number of para-hydroxylation sites is 1. The minimum absolute atomic E-state index is 0.595. The molecule has 2 heterocycles. The minimum Gasteiger partial charge on any atom is -0.456 e. The van der Waals surface area contributed by atoms with Crippen molar-refractivity contribution in [2.24, 2.45) is 0 Å². The number of aromatic nitrogens is 3. The van der Waals surface area contributed by atoms with E-state index in [0.717, 1.165) is 55.7 Å². The molecule has 9 rings (SSSR count). The van der Waals surface area contributed by atoms with Crippen LogP contribution in [0.15, 0.2) is 174 Å². The Balaban J connectivity index is 1.16. The van der Waals surface area contributed by atoms with Crippen molar-refractivity contribution < 1.29 is 4.42 Å². The fraction of sp³-hybridized carbons (Fsp3) is 0. The molecular formula is C43H28N4O. The maximum absolute atomic E-state index is 6.46. The van der Waals surface area contributed by atoms with Crippen molar-refractivity contribution in [2.75, 3.05) is 4.90 Å². The van der Waals surface area contributed by atoms with Gasteiger partial charge in [-0.1, -0.05) is 115 Å². The largest absolute Gasteiger partial charge is 0.456 e. The Hall–Kier alpha value is -6.59. The number of fused-ring (bicyclic) bond motifs is 4. The van der Waals surface area contributed by atoms with E-state index < -0.39 is 0 Å². The van der Waals surface area contributed by atoms with Crippen LogP contribution in [0.4, 0.5) is 17.1 Å². The van der Waals surface area contributed by atoms with Crippen LogP contribution < -0.4 is 4.90 Å². The van der Waals surface area contributed by atoms with E-state index in [1.165, 1.54) is 10.8 Å². The van der Waals surface area contributed by atoms with Crippen molar-refractivity contribution in [3.8, 4) is 34.2 Å². The summed E-state index contributed by atoms with van der Waals surface area (Å²) in [5.74, 6) is 1.85. The Morgan fingerprint density at radius 2 is 0.917 bits per heavy atom. The molecule has 0 amide bonds. The van der Waals surface area contributed by atoms with Crippen LogP contribution in [0.5, 0.6) is 0 Å². The molecule has 0 aliphatic heterocycles. The van der Waals surface area contributed by atoms with E-state index in [-0.39, 0.29) is 0 Å². The highest BCUT2D eigenvalue weighted by Gasteiger charge is 2.18. The zero-order valence-electron chi connectivity index (χ0n) is 25.9. The van der Waals surface area contributed by atoms with Gasteiger partial charge >= 0.3 is 0 Å². The summed E-state index contributed by atoms with van der Waals surface area (Å²) in [5.41, 5.74) is 7.56. The molecule has 0 N–H and O–H groups in total. The molecule has 7 aromatic carbocycles. The fourth-order valence-electron chi connectivity index (χ4n) is 6.32. The molecule has 0 radical (unpaired) electrons. The summed E-state index contributed by atoms with van der Waals surface area (Å²) in [4.78, 5) is 17.0. The summed E-state index contributed by atoms with van der Waals surface area (Å²) >= 11 is 0. The zero-order valence-corrected chi connectivity index (χ0v) is 25.9. The molecule has 0 bridgehead atoms. The number of hydrogen-bond acceptors (Lipinski definition) is 5. The first-order chi connectivity index (χ1) is 23.8. The Morgan fingerprint density at radius 3 is 1.60 bits per heavy atom. The minimum atomic E-state index is 0.595. The summed E-state index contributed by atoms with van der Waals surface area (Å²) in [7, 11) is 0. The van der Waals surface area contributed by atoms with E-state index in [2.05, 4.69) is 102 Å². The van der Waals surface area contributed by atoms with Crippen LogP contribution in [-0.4, -0.2) is 15.0 Å². The van der Waals surface area contributed by atoms with Crippen LogP contribution in [-0.2, 0) is 0 Å². The third kappa shape index (κ3) is 5.04. The molecule has 0 saturated carbocycles. The molecule has 0 unspecified atom stereocenters. The topological polar surface area (TPSA) is 55.1 Å². The maximum Gasteiger partial charge on any atom is 0.164 e. The number of anilines is 3. The van der Waals surface area contributed by atoms with Gasteiger partial charge in [-0.25, -0.2) is 15.0 Å².